The topological polar surface area (TPSA) is 67.6 Å². The van der Waals surface area contributed by atoms with Crippen molar-refractivity contribution < 1.29 is 4.74 Å². The number of aryl methyl sites for hydroxylation is 1. The third-order valence-electron chi connectivity index (χ3n) is 4.80. The predicted octanol–water partition coefficient (Wildman–Crippen LogP) is 2.91. The van der Waals surface area contributed by atoms with Crippen LogP contribution in [0.3, 0.4) is 0 Å². The van der Waals surface area contributed by atoms with Crippen molar-refractivity contribution >= 4 is 5.96 Å². The van der Waals surface area contributed by atoms with E-state index in [2.05, 4.69) is 38.6 Å². The molecule has 0 radical (unpaired) electrons. The number of para-hydroxylation sites is 1. The van der Waals surface area contributed by atoms with E-state index in [0.29, 0.717) is 19.6 Å². The van der Waals surface area contributed by atoms with Gasteiger partial charge in [0.2, 0.25) is 0 Å². The number of hydrogen-bond donors (Lipinski definition) is 1. The van der Waals surface area contributed by atoms with Gasteiger partial charge in [0, 0.05) is 26.2 Å². The monoisotopic (exact) mass is 392 g/mol. The number of nitrogens with one attached hydrogen (secondary N) is 1. The van der Waals surface area contributed by atoms with Gasteiger partial charge in [-0.1, -0.05) is 48.5 Å². The average molecular weight is 393 g/mol. The van der Waals surface area contributed by atoms with Crippen LogP contribution in [0.1, 0.15) is 22.8 Å². The molecule has 0 aliphatic carbocycles. The Morgan fingerprint density at radius 3 is 2.52 bits per heavy atom. The summed E-state index contributed by atoms with van der Waals surface area (Å²) in [5.74, 6) is 3.40. The van der Waals surface area contributed by atoms with Crippen molar-refractivity contribution in [3.8, 4) is 5.75 Å². The molecular formula is C22H28N6O. The Kier molecular flexibility index (Phi) is 6.84. The number of rotatable bonds is 7. The van der Waals surface area contributed by atoms with Gasteiger partial charge in [-0.15, -0.1) is 10.2 Å². The molecular weight excluding hydrogens is 364 g/mol. The van der Waals surface area contributed by atoms with Gasteiger partial charge in [0.05, 0.1) is 20.2 Å². The molecule has 1 aromatic heterocycles. The lowest BCUT2D eigenvalue weighted by Gasteiger charge is -2.23. The molecule has 0 aliphatic rings. The molecule has 3 aromatic rings. The Labute approximate surface area is 172 Å². The third kappa shape index (κ3) is 5.34. The molecule has 152 valence electrons. The van der Waals surface area contributed by atoms with Gasteiger partial charge < -0.3 is 19.5 Å². The summed E-state index contributed by atoms with van der Waals surface area (Å²) in [5.41, 5.74) is 2.26. The minimum atomic E-state index is 0.543. The van der Waals surface area contributed by atoms with E-state index in [1.807, 2.05) is 62.0 Å². The first-order valence-corrected chi connectivity index (χ1v) is 9.58. The average Bonchev–Trinajstić information content (AvgIpc) is 3.07. The number of aromatic nitrogens is 3. The molecule has 0 unspecified atom stereocenters. The number of nitrogens with zero attached hydrogens (tertiary/aromatic N) is 5. The number of methoxy groups -OCH3 is 1. The largest absolute Gasteiger partial charge is 0.496 e. The minimum Gasteiger partial charge on any atom is -0.496 e. The van der Waals surface area contributed by atoms with Crippen molar-refractivity contribution in [2.45, 2.75) is 26.6 Å². The van der Waals surface area contributed by atoms with Crippen LogP contribution in [0.2, 0.25) is 0 Å². The molecule has 1 heterocycles. The summed E-state index contributed by atoms with van der Waals surface area (Å²) in [6.07, 6.45) is 0. The summed E-state index contributed by atoms with van der Waals surface area (Å²) < 4.78 is 7.47. The van der Waals surface area contributed by atoms with Gasteiger partial charge in [-0.2, -0.15) is 0 Å². The molecule has 29 heavy (non-hydrogen) atoms. The van der Waals surface area contributed by atoms with Crippen LogP contribution in [0.25, 0.3) is 0 Å². The number of hydrogen-bond acceptors (Lipinski definition) is 4. The van der Waals surface area contributed by atoms with E-state index in [4.69, 9.17) is 9.73 Å². The summed E-state index contributed by atoms with van der Waals surface area (Å²) in [7, 11) is 5.68. The van der Waals surface area contributed by atoms with Crippen molar-refractivity contribution in [2.24, 2.45) is 12.0 Å². The Hall–Kier alpha value is -3.35. The second kappa shape index (κ2) is 9.73. The highest BCUT2D eigenvalue weighted by molar-refractivity contribution is 5.79. The molecule has 7 heteroatoms. The van der Waals surface area contributed by atoms with Gasteiger partial charge in [0.25, 0.3) is 0 Å². The number of guanidine groups is 1. The van der Waals surface area contributed by atoms with Gasteiger partial charge in [0.1, 0.15) is 11.6 Å². The second-order valence-electron chi connectivity index (χ2n) is 6.87. The molecule has 1 N–H and O–H groups in total. The number of benzene rings is 2. The van der Waals surface area contributed by atoms with Crippen LogP contribution in [-0.2, 0) is 26.7 Å². The van der Waals surface area contributed by atoms with Gasteiger partial charge in [-0.25, -0.2) is 4.99 Å². The molecule has 0 saturated carbocycles. The molecule has 0 fully saturated rings. The lowest BCUT2D eigenvalue weighted by Crippen LogP contribution is -2.38. The maximum Gasteiger partial charge on any atom is 0.194 e. The van der Waals surface area contributed by atoms with Crippen molar-refractivity contribution in [3.05, 3.63) is 77.4 Å². The second-order valence-corrected chi connectivity index (χ2v) is 6.87. The summed E-state index contributed by atoms with van der Waals surface area (Å²) in [5, 5.41) is 11.8. The fraction of sp³-hybridized carbons (Fsp3) is 0.318. The Morgan fingerprint density at radius 1 is 1.10 bits per heavy atom. The van der Waals surface area contributed by atoms with Crippen LogP contribution in [0, 0.1) is 6.92 Å². The lowest BCUT2D eigenvalue weighted by atomic mass is 10.2. The fourth-order valence-electron chi connectivity index (χ4n) is 2.99. The van der Waals surface area contributed by atoms with Gasteiger partial charge in [-0.05, 0) is 18.6 Å². The normalized spacial score (nSPS) is 11.4. The summed E-state index contributed by atoms with van der Waals surface area (Å²) in [6.45, 7) is 3.75. The van der Waals surface area contributed by atoms with Gasteiger partial charge in [-0.3, -0.25) is 0 Å². The molecule has 3 rings (SSSR count). The molecule has 0 atom stereocenters. The van der Waals surface area contributed by atoms with Gasteiger partial charge in [0.15, 0.2) is 11.8 Å². The Bertz CT molecular complexity index is 951. The Balaban J connectivity index is 1.77. The first kappa shape index (κ1) is 20.4. The predicted molar refractivity (Wildman–Crippen MR) is 115 cm³/mol. The van der Waals surface area contributed by atoms with Crippen LogP contribution in [0.5, 0.6) is 5.75 Å². The Morgan fingerprint density at radius 2 is 1.83 bits per heavy atom. The van der Waals surface area contributed by atoms with Crippen molar-refractivity contribution in [2.75, 3.05) is 14.2 Å². The smallest absolute Gasteiger partial charge is 0.194 e. The van der Waals surface area contributed by atoms with E-state index in [0.717, 1.165) is 34.5 Å². The zero-order valence-electron chi connectivity index (χ0n) is 17.5. The first-order chi connectivity index (χ1) is 14.1. The van der Waals surface area contributed by atoms with Crippen LogP contribution in [0.4, 0.5) is 0 Å². The zero-order chi connectivity index (χ0) is 20.6. The van der Waals surface area contributed by atoms with Crippen LogP contribution < -0.4 is 10.1 Å². The van der Waals surface area contributed by atoms with Crippen molar-refractivity contribution in [3.63, 3.8) is 0 Å². The summed E-state index contributed by atoms with van der Waals surface area (Å²) in [6, 6.07) is 18.2. The van der Waals surface area contributed by atoms with E-state index in [-0.39, 0.29) is 0 Å². The highest BCUT2D eigenvalue weighted by atomic mass is 16.5. The quantitative estimate of drug-likeness (QED) is 0.495. The molecule has 0 spiro atoms. The van der Waals surface area contributed by atoms with E-state index in [1.165, 1.54) is 0 Å². The SMILES string of the molecule is COc1ccccc1CN(C)C(=NCc1ccccc1)NCc1nnc(C)n1C. The molecule has 0 saturated heterocycles. The maximum atomic E-state index is 5.49. The van der Waals surface area contributed by atoms with Crippen LogP contribution in [0.15, 0.2) is 59.6 Å². The summed E-state index contributed by atoms with van der Waals surface area (Å²) in [4.78, 5) is 6.92. The molecule has 2 aromatic carbocycles. The number of aliphatic imine (C=N–C) groups is 1. The van der Waals surface area contributed by atoms with Crippen molar-refractivity contribution in [1.29, 1.82) is 0 Å². The van der Waals surface area contributed by atoms with E-state index in [1.54, 1.807) is 7.11 Å². The fourth-order valence-corrected chi connectivity index (χ4v) is 2.99. The maximum absolute atomic E-state index is 5.49. The standard InChI is InChI=1S/C22H28N6O/c1-17-25-26-21(28(17)3)15-24-22(23-14-18-10-6-5-7-11-18)27(2)16-19-12-8-9-13-20(19)29-4/h5-13H,14-16H2,1-4H3,(H,23,24). The van der Waals surface area contributed by atoms with E-state index >= 15 is 0 Å². The highest BCUT2D eigenvalue weighted by Gasteiger charge is 2.12. The molecule has 0 bridgehead atoms. The third-order valence-corrected chi connectivity index (χ3v) is 4.80. The van der Waals surface area contributed by atoms with Crippen LogP contribution >= 0.6 is 0 Å². The zero-order valence-corrected chi connectivity index (χ0v) is 17.5. The molecule has 7 nitrogen and oxygen atoms in total. The lowest BCUT2D eigenvalue weighted by molar-refractivity contribution is 0.395. The molecule has 0 aliphatic heterocycles. The van der Waals surface area contributed by atoms with Crippen molar-refractivity contribution in [1.82, 2.24) is 25.0 Å². The van der Waals surface area contributed by atoms with E-state index < -0.39 is 0 Å². The van der Waals surface area contributed by atoms with Gasteiger partial charge >= 0.3 is 0 Å². The summed E-state index contributed by atoms with van der Waals surface area (Å²) >= 11 is 0. The highest BCUT2D eigenvalue weighted by Crippen LogP contribution is 2.19. The van der Waals surface area contributed by atoms with E-state index in [9.17, 15) is 0 Å². The first-order valence-electron chi connectivity index (χ1n) is 9.58. The molecule has 0 amide bonds. The number of ether oxygens (including phenoxy) is 1. The minimum absolute atomic E-state index is 0.543. The van der Waals surface area contributed by atoms with Crippen LogP contribution in [-0.4, -0.2) is 39.8 Å².